The lowest BCUT2D eigenvalue weighted by Crippen LogP contribution is -2.51. The van der Waals surface area contributed by atoms with Crippen molar-refractivity contribution in [3.05, 3.63) is 47.9 Å². The predicted molar refractivity (Wildman–Crippen MR) is 114 cm³/mol. The second-order valence-electron chi connectivity index (χ2n) is 6.96. The van der Waals surface area contributed by atoms with Crippen molar-refractivity contribution in [3.63, 3.8) is 0 Å². The molecule has 2 aromatic heterocycles. The molecule has 2 heterocycles. The molecule has 7 nitrogen and oxygen atoms in total. The summed E-state index contributed by atoms with van der Waals surface area (Å²) in [6, 6.07) is 9.75. The van der Waals surface area contributed by atoms with Crippen LogP contribution in [0.25, 0.3) is 16.6 Å². The summed E-state index contributed by atoms with van der Waals surface area (Å²) in [6.07, 6.45) is 5.78. The molecule has 0 aliphatic heterocycles. The van der Waals surface area contributed by atoms with E-state index in [4.69, 9.17) is 5.73 Å². The van der Waals surface area contributed by atoms with E-state index in [-0.39, 0.29) is 36.3 Å². The van der Waals surface area contributed by atoms with Gasteiger partial charge in [0.2, 0.25) is 0 Å². The van der Waals surface area contributed by atoms with Crippen LogP contribution in [0.3, 0.4) is 0 Å². The van der Waals surface area contributed by atoms with Gasteiger partial charge in [0.05, 0.1) is 22.4 Å². The molecule has 0 bridgehead atoms. The molecule has 0 saturated heterocycles. The first-order chi connectivity index (χ1) is 12.6. The highest BCUT2D eigenvalue weighted by Gasteiger charge is 2.35. The molecular formula is C19H24Cl2N6O. The molecule has 1 amide bonds. The highest BCUT2D eigenvalue weighted by Crippen LogP contribution is 2.29. The summed E-state index contributed by atoms with van der Waals surface area (Å²) in [5.74, 6) is -0.205. The topological polar surface area (TPSA) is 98.7 Å². The summed E-state index contributed by atoms with van der Waals surface area (Å²) in [4.78, 5) is 17.1. The normalized spacial score (nSPS) is 14.9. The molecule has 3 N–H and O–H groups in total. The van der Waals surface area contributed by atoms with Crippen molar-refractivity contribution >= 4 is 41.6 Å². The molecule has 0 atom stereocenters. The summed E-state index contributed by atoms with van der Waals surface area (Å²) < 4.78 is 1.69. The van der Waals surface area contributed by atoms with Gasteiger partial charge in [-0.3, -0.25) is 9.78 Å². The molecule has 1 aromatic carbocycles. The molecule has 150 valence electrons. The molecule has 4 rings (SSSR count). The molecule has 1 aliphatic carbocycles. The minimum atomic E-state index is -0.304. The number of amides is 1. The summed E-state index contributed by atoms with van der Waals surface area (Å²) in [5, 5.41) is 12.4. The molecule has 1 aliphatic rings. The standard InChI is InChI=1S/C19H22N6O.2ClH/c1-13-17(18(26)22-19(12-20)8-2-3-9-19)23-24-25(13)15-6-7-16-14(11-15)5-4-10-21-16;;/h4-7,10-11H,2-3,8-9,12,20H2,1H3,(H,22,26);2*1H. The third kappa shape index (κ3) is 3.97. The van der Waals surface area contributed by atoms with Gasteiger partial charge < -0.3 is 11.1 Å². The van der Waals surface area contributed by atoms with E-state index in [0.717, 1.165) is 42.3 Å². The van der Waals surface area contributed by atoms with E-state index in [1.165, 1.54) is 0 Å². The third-order valence-corrected chi connectivity index (χ3v) is 5.27. The van der Waals surface area contributed by atoms with E-state index in [1.807, 2.05) is 37.3 Å². The fourth-order valence-electron chi connectivity index (χ4n) is 3.71. The Hall–Kier alpha value is -2.22. The summed E-state index contributed by atoms with van der Waals surface area (Å²) in [6.45, 7) is 2.30. The maximum Gasteiger partial charge on any atom is 0.274 e. The van der Waals surface area contributed by atoms with Gasteiger partial charge in [0.1, 0.15) is 0 Å². The minimum absolute atomic E-state index is 0. The highest BCUT2D eigenvalue weighted by molar-refractivity contribution is 5.94. The van der Waals surface area contributed by atoms with Crippen LogP contribution < -0.4 is 11.1 Å². The van der Waals surface area contributed by atoms with Crippen LogP contribution in [0.2, 0.25) is 0 Å². The number of benzene rings is 1. The SMILES string of the molecule is Cc1c(C(=O)NC2(CN)CCCC2)nnn1-c1ccc2ncccc2c1.Cl.Cl. The monoisotopic (exact) mass is 422 g/mol. The van der Waals surface area contributed by atoms with E-state index < -0.39 is 0 Å². The van der Waals surface area contributed by atoms with E-state index in [2.05, 4.69) is 20.6 Å². The summed E-state index contributed by atoms with van der Waals surface area (Å²) in [5.41, 5.74) is 8.43. The zero-order valence-electron chi connectivity index (χ0n) is 15.6. The van der Waals surface area contributed by atoms with Crippen LogP contribution in [0.15, 0.2) is 36.5 Å². The maximum absolute atomic E-state index is 12.8. The van der Waals surface area contributed by atoms with Crippen molar-refractivity contribution in [2.24, 2.45) is 5.73 Å². The summed E-state index contributed by atoms with van der Waals surface area (Å²) in [7, 11) is 0. The van der Waals surface area contributed by atoms with Crippen molar-refractivity contribution < 1.29 is 4.79 Å². The quantitative estimate of drug-likeness (QED) is 0.672. The van der Waals surface area contributed by atoms with E-state index in [1.54, 1.807) is 10.9 Å². The van der Waals surface area contributed by atoms with Crippen LogP contribution in [-0.4, -0.2) is 38.0 Å². The molecule has 1 saturated carbocycles. The molecule has 9 heteroatoms. The van der Waals surface area contributed by atoms with Crippen molar-refractivity contribution in [2.45, 2.75) is 38.1 Å². The van der Waals surface area contributed by atoms with Gasteiger partial charge in [-0.15, -0.1) is 29.9 Å². The lowest BCUT2D eigenvalue weighted by Gasteiger charge is -2.28. The van der Waals surface area contributed by atoms with Gasteiger partial charge >= 0.3 is 0 Å². The average molecular weight is 423 g/mol. The number of rotatable bonds is 4. The van der Waals surface area contributed by atoms with E-state index in [0.29, 0.717) is 17.9 Å². The first kappa shape index (κ1) is 22.1. The zero-order chi connectivity index (χ0) is 18.1. The Morgan fingerprint density at radius 2 is 2.00 bits per heavy atom. The van der Waals surface area contributed by atoms with Crippen LogP contribution >= 0.6 is 24.8 Å². The predicted octanol–water partition coefficient (Wildman–Crippen LogP) is 2.97. The van der Waals surface area contributed by atoms with Crippen molar-refractivity contribution in [1.29, 1.82) is 0 Å². The Kier molecular flexibility index (Phi) is 6.98. The van der Waals surface area contributed by atoms with Gasteiger partial charge in [0, 0.05) is 18.1 Å². The number of hydrogen-bond acceptors (Lipinski definition) is 5. The Labute approximate surface area is 175 Å². The maximum atomic E-state index is 12.8. The second-order valence-corrected chi connectivity index (χ2v) is 6.96. The molecule has 1 fully saturated rings. The summed E-state index contributed by atoms with van der Waals surface area (Å²) >= 11 is 0. The molecule has 0 radical (unpaired) electrons. The van der Waals surface area contributed by atoms with Crippen LogP contribution in [0, 0.1) is 6.92 Å². The third-order valence-electron chi connectivity index (χ3n) is 5.27. The fraction of sp³-hybridized carbons (Fsp3) is 0.368. The van der Waals surface area contributed by atoms with Gasteiger partial charge in [0.25, 0.3) is 5.91 Å². The largest absolute Gasteiger partial charge is 0.344 e. The van der Waals surface area contributed by atoms with Gasteiger partial charge in [-0.1, -0.05) is 24.1 Å². The number of pyridine rings is 1. The fourth-order valence-corrected chi connectivity index (χ4v) is 3.71. The van der Waals surface area contributed by atoms with Crippen LogP contribution in [0.4, 0.5) is 0 Å². The van der Waals surface area contributed by atoms with Crippen molar-refractivity contribution in [2.75, 3.05) is 6.54 Å². The Morgan fingerprint density at radius 1 is 1.25 bits per heavy atom. The smallest absolute Gasteiger partial charge is 0.274 e. The lowest BCUT2D eigenvalue weighted by molar-refractivity contribution is 0.0897. The molecule has 28 heavy (non-hydrogen) atoms. The zero-order valence-corrected chi connectivity index (χ0v) is 17.2. The molecule has 0 unspecified atom stereocenters. The van der Waals surface area contributed by atoms with Crippen molar-refractivity contribution in [1.82, 2.24) is 25.3 Å². The minimum Gasteiger partial charge on any atom is -0.344 e. The number of nitrogens with one attached hydrogen (secondary N) is 1. The van der Waals surface area contributed by atoms with E-state index >= 15 is 0 Å². The van der Waals surface area contributed by atoms with Crippen molar-refractivity contribution in [3.8, 4) is 5.69 Å². The van der Waals surface area contributed by atoms with Gasteiger partial charge in [-0.2, -0.15) is 0 Å². The Balaban J connectivity index is 0.00000140. The lowest BCUT2D eigenvalue weighted by atomic mass is 9.97. The van der Waals surface area contributed by atoms with Crippen LogP contribution in [-0.2, 0) is 0 Å². The first-order valence-electron chi connectivity index (χ1n) is 8.92. The Morgan fingerprint density at radius 3 is 2.71 bits per heavy atom. The van der Waals surface area contributed by atoms with Crippen LogP contribution in [0.1, 0.15) is 41.9 Å². The average Bonchev–Trinajstić information content (AvgIpc) is 3.28. The number of nitrogens with zero attached hydrogens (tertiary/aromatic N) is 4. The number of halogens is 2. The molecule has 3 aromatic rings. The van der Waals surface area contributed by atoms with E-state index in [9.17, 15) is 4.79 Å². The molecular weight excluding hydrogens is 399 g/mol. The number of carbonyl (C=O) groups excluding carboxylic acids is 1. The number of fused-ring (bicyclic) bond motifs is 1. The van der Waals surface area contributed by atoms with Crippen LogP contribution in [0.5, 0.6) is 0 Å². The number of nitrogens with two attached hydrogens (primary N) is 1. The van der Waals surface area contributed by atoms with Gasteiger partial charge in [-0.05, 0) is 44.0 Å². The van der Waals surface area contributed by atoms with Gasteiger partial charge in [0.15, 0.2) is 5.69 Å². The highest BCUT2D eigenvalue weighted by atomic mass is 35.5. The second kappa shape index (κ2) is 8.86. The van der Waals surface area contributed by atoms with Gasteiger partial charge in [-0.25, -0.2) is 4.68 Å². The number of carbonyl (C=O) groups is 1. The molecule has 0 spiro atoms. The first-order valence-corrected chi connectivity index (χ1v) is 8.92. The number of hydrogen-bond donors (Lipinski definition) is 2. The number of aromatic nitrogens is 4. The Bertz CT molecular complexity index is 968.